The molecule has 0 spiro atoms. The zero-order valence-electron chi connectivity index (χ0n) is 9.28. The van der Waals surface area contributed by atoms with Gasteiger partial charge in [0.05, 0.1) is 6.61 Å². The van der Waals surface area contributed by atoms with Crippen LogP contribution in [0.5, 0.6) is 0 Å². The molecule has 1 saturated heterocycles. The predicted octanol–water partition coefficient (Wildman–Crippen LogP) is 2.77. The van der Waals surface area contributed by atoms with E-state index in [9.17, 15) is 4.79 Å². The number of ether oxygens (including phenoxy) is 1. The zero-order chi connectivity index (χ0) is 11.0. The maximum atomic E-state index is 12.4. The third-order valence-corrected chi connectivity index (χ3v) is 4.72. The summed E-state index contributed by atoms with van der Waals surface area (Å²) in [6.07, 6.45) is 4.29. The molecule has 0 N–H and O–H groups in total. The van der Waals surface area contributed by atoms with Crippen LogP contribution >= 0.6 is 11.3 Å². The number of rotatable bonds is 2. The number of thiophene rings is 1. The van der Waals surface area contributed by atoms with Gasteiger partial charge in [-0.25, -0.2) is 0 Å². The molecule has 16 heavy (non-hydrogen) atoms. The molecule has 1 aromatic heterocycles. The summed E-state index contributed by atoms with van der Waals surface area (Å²) < 4.78 is 5.32. The molecule has 2 aliphatic rings. The SMILES string of the molecule is O=C(C1CCOC1)C1CCCc2sccc21. The van der Waals surface area contributed by atoms with Crippen LogP contribution in [0.15, 0.2) is 11.4 Å². The van der Waals surface area contributed by atoms with Crippen LogP contribution in [0.3, 0.4) is 0 Å². The van der Waals surface area contributed by atoms with E-state index in [1.54, 1.807) is 11.3 Å². The molecular weight excluding hydrogens is 220 g/mol. The van der Waals surface area contributed by atoms with E-state index in [0.717, 1.165) is 32.3 Å². The maximum Gasteiger partial charge on any atom is 0.145 e. The molecule has 0 saturated carbocycles. The van der Waals surface area contributed by atoms with E-state index in [-0.39, 0.29) is 11.8 Å². The van der Waals surface area contributed by atoms with Crippen molar-refractivity contribution in [3.63, 3.8) is 0 Å². The number of carbonyl (C=O) groups is 1. The number of hydrogen-bond donors (Lipinski definition) is 0. The van der Waals surface area contributed by atoms with Crippen molar-refractivity contribution in [3.8, 4) is 0 Å². The smallest absolute Gasteiger partial charge is 0.145 e. The van der Waals surface area contributed by atoms with Gasteiger partial charge in [-0.15, -0.1) is 11.3 Å². The van der Waals surface area contributed by atoms with Crippen LogP contribution in [0, 0.1) is 5.92 Å². The number of ketones is 1. The van der Waals surface area contributed by atoms with Crippen molar-refractivity contribution in [1.29, 1.82) is 0 Å². The molecule has 2 heterocycles. The highest BCUT2D eigenvalue weighted by Crippen LogP contribution is 2.37. The summed E-state index contributed by atoms with van der Waals surface area (Å²) in [5, 5.41) is 2.13. The third-order valence-electron chi connectivity index (χ3n) is 3.73. The quantitative estimate of drug-likeness (QED) is 0.789. The second-order valence-corrected chi connectivity index (χ2v) is 5.71. The van der Waals surface area contributed by atoms with Gasteiger partial charge in [0.15, 0.2) is 0 Å². The molecule has 2 unspecified atom stereocenters. The minimum absolute atomic E-state index is 0.163. The molecule has 86 valence electrons. The Labute approximate surface area is 99.6 Å². The van der Waals surface area contributed by atoms with Gasteiger partial charge in [0, 0.05) is 23.3 Å². The number of fused-ring (bicyclic) bond motifs is 1. The molecule has 0 amide bonds. The highest BCUT2D eigenvalue weighted by Gasteiger charge is 2.33. The lowest BCUT2D eigenvalue weighted by molar-refractivity contribution is -0.124. The normalized spacial score (nSPS) is 29.0. The van der Waals surface area contributed by atoms with Crippen LogP contribution in [0.4, 0.5) is 0 Å². The summed E-state index contributed by atoms with van der Waals surface area (Å²) >= 11 is 1.81. The molecule has 0 bridgehead atoms. The predicted molar refractivity (Wildman–Crippen MR) is 63.9 cm³/mol. The summed E-state index contributed by atoms with van der Waals surface area (Å²) in [4.78, 5) is 13.8. The van der Waals surface area contributed by atoms with Crippen molar-refractivity contribution in [1.82, 2.24) is 0 Å². The zero-order valence-corrected chi connectivity index (χ0v) is 10.1. The molecule has 0 radical (unpaired) electrons. The van der Waals surface area contributed by atoms with Gasteiger partial charge in [-0.1, -0.05) is 0 Å². The number of aryl methyl sites for hydroxylation is 1. The lowest BCUT2D eigenvalue weighted by Crippen LogP contribution is -2.24. The van der Waals surface area contributed by atoms with E-state index >= 15 is 0 Å². The van der Waals surface area contributed by atoms with Gasteiger partial charge in [-0.2, -0.15) is 0 Å². The van der Waals surface area contributed by atoms with Crippen molar-refractivity contribution in [2.45, 2.75) is 31.6 Å². The van der Waals surface area contributed by atoms with Gasteiger partial charge in [-0.3, -0.25) is 4.79 Å². The van der Waals surface area contributed by atoms with Gasteiger partial charge < -0.3 is 4.74 Å². The molecule has 1 aliphatic heterocycles. The van der Waals surface area contributed by atoms with Crippen molar-refractivity contribution < 1.29 is 9.53 Å². The van der Waals surface area contributed by atoms with Gasteiger partial charge >= 0.3 is 0 Å². The Bertz CT molecular complexity index is 390. The molecule has 1 fully saturated rings. The van der Waals surface area contributed by atoms with Crippen molar-refractivity contribution in [2.75, 3.05) is 13.2 Å². The van der Waals surface area contributed by atoms with Crippen molar-refractivity contribution in [2.24, 2.45) is 5.92 Å². The van der Waals surface area contributed by atoms with Crippen LogP contribution in [-0.2, 0) is 16.0 Å². The second-order valence-electron chi connectivity index (χ2n) is 4.71. The van der Waals surface area contributed by atoms with Crippen molar-refractivity contribution >= 4 is 17.1 Å². The lowest BCUT2D eigenvalue weighted by atomic mass is 9.80. The summed E-state index contributed by atoms with van der Waals surface area (Å²) in [5.41, 5.74) is 1.31. The van der Waals surface area contributed by atoms with Gasteiger partial charge in [0.25, 0.3) is 0 Å². The molecular formula is C13H16O2S. The molecule has 3 rings (SSSR count). The number of carbonyl (C=O) groups excluding carboxylic acids is 1. The summed E-state index contributed by atoms with van der Waals surface area (Å²) in [6, 6.07) is 2.15. The highest BCUT2D eigenvalue weighted by atomic mass is 32.1. The monoisotopic (exact) mass is 236 g/mol. The fourth-order valence-corrected chi connectivity index (χ4v) is 3.81. The van der Waals surface area contributed by atoms with Crippen LogP contribution in [0.1, 0.15) is 35.6 Å². The third kappa shape index (κ3) is 1.72. The minimum Gasteiger partial charge on any atom is -0.381 e. The number of Topliss-reactive ketones (excluding diaryl/α,β-unsaturated/α-hetero) is 1. The van der Waals surface area contributed by atoms with Crippen LogP contribution < -0.4 is 0 Å². The van der Waals surface area contributed by atoms with Gasteiger partial charge in [-0.05, 0) is 42.7 Å². The Morgan fingerprint density at radius 2 is 2.38 bits per heavy atom. The highest BCUT2D eigenvalue weighted by molar-refractivity contribution is 7.10. The first kappa shape index (κ1) is 10.5. The Balaban J connectivity index is 1.83. The Morgan fingerprint density at radius 3 is 3.19 bits per heavy atom. The van der Waals surface area contributed by atoms with Crippen LogP contribution in [0.2, 0.25) is 0 Å². The van der Waals surface area contributed by atoms with Gasteiger partial charge in [0.1, 0.15) is 5.78 Å². The van der Waals surface area contributed by atoms with E-state index < -0.39 is 0 Å². The molecule has 0 aromatic carbocycles. The first-order valence-electron chi connectivity index (χ1n) is 6.04. The topological polar surface area (TPSA) is 26.3 Å². The van der Waals surface area contributed by atoms with Crippen LogP contribution in [0.25, 0.3) is 0 Å². The lowest BCUT2D eigenvalue weighted by Gasteiger charge is -2.23. The maximum absolute atomic E-state index is 12.4. The fourth-order valence-electron chi connectivity index (χ4n) is 2.83. The Kier molecular flexibility index (Phi) is 2.82. The van der Waals surface area contributed by atoms with Crippen LogP contribution in [-0.4, -0.2) is 19.0 Å². The standard InChI is InChI=1S/C13H16O2S/c14-13(9-4-6-15-8-9)11-2-1-3-12-10(11)5-7-16-12/h5,7,9,11H,1-4,6,8H2. The van der Waals surface area contributed by atoms with E-state index in [1.807, 2.05) is 0 Å². The summed E-state index contributed by atoms with van der Waals surface area (Å²) in [7, 11) is 0. The molecule has 2 atom stereocenters. The molecule has 3 heteroatoms. The fraction of sp³-hybridized carbons (Fsp3) is 0.615. The van der Waals surface area contributed by atoms with E-state index in [1.165, 1.54) is 10.4 Å². The number of hydrogen-bond acceptors (Lipinski definition) is 3. The first-order valence-corrected chi connectivity index (χ1v) is 6.92. The largest absolute Gasteiger partial charge is 0.381 e. The van der Waals surface area contributed by atoms with Crippen molar-refractivity contribution in [3.05, 3.63) is 21.9 Å². The second kappa shape index (κ2) is 4.30. The molecule has 1 aliphatic carbocycles. The van der Waals surface area contributed by atoms with E-state index in [0.29, 0.717) is 12.4 Å². The average Bonchev–Trinajstić information content (AvgIpc) is 2.98. The first-order chi connectivity index (χ1) is 7.86. The van der Waals surface area contributed by atoms with Gasteiger partial charge in [0.2, 0.25) is 0 Å². The van der Waals surface area contributed by atoms with E-state index in [4.69, 9.17) is 4.74 Å². The average molecular weight is 236 g/mol. The summed E-state index contributed by atoms with van der Waals surface area (Å²) in [6.45, 7) is 1.41. The Morgan fingerprint density at radius 1 is 1.44 bits per heavy atom. The molecule has 2 nitrogen and oxygen atoms in total. The Hall–Kier alpha value is -0.670. The minimum atomic E-state index is 0.163. The molecule has 1 aromatic rings. The van der Waals surface area contributed by atoms with E-state index in [2.05, 4.69) is 11.4 Å². The summed E-state index contributed by atoms with van der Waals surface area (Å²) in [5.74, 6) is 0.759.